The van der Waals surface area contributed by atoms with Gasteiger partial charge in [0.05, 0.1) is 6.04 Å². The van der Waals surface area contributed by atoms with Crippen molar-refractivity contribution in [1.29, 1.82) is 0 Å². The van der Waals surface area contributed by atoms with Gasteiger partial charge in [-0.15, -0.1) is 11.8 Å². The van der Waals surface area contributed by atoms with Crippen molar-refractivity contribution in [3.63, 3.8) is 0 Å². The number of hydrogen-bond donors (Lipinski definition) is 2. The first-order valence-electron chi connectivity index (χ1n) is 5.09. The zero-order chi connectivity index (χ0) is 12.8. The summed E-state index contributed by atoms with van der Waals surface area (Å²) >= 11 is 1.35. The minimum absolute atomic E-state index is 0.396. The van der Waals surface area contributed by atoms with E-state index in [2.05, 4.69) is 5.32 Å². The fraction of sp³-hybridized carbons (Fsp3) is 0.364. The third-order valence-electron chi connectivity index (χ3n) is 2.26. The highest BCUT2D eigenvalue weighted by Gasteiger charge is 2.12. The molecule has 0 aliphatic rings. The molecule has 1 unspecified atom stereocenters. The first kappa shape index (κ1) is 13.9. The average molecular weight is 260 g/mol. The van der Waals surface area contributed by atoms with Crippen molar-refractivity contribution in [3.8, 4) is 0 Å². The number of primary amides is 1. The SMILES string of the molecule is CNC(CCSc1ccc(F)c(F)c1)C(N)=O. The maximum absolute atomic E-state index is 12.9. The number of nitrogens with one attached hydrogen (secondary N) is 1. The molecule has 6 heteroatoms. The summed E-state index contributed by atoms with van der Waals surface area (Å²) in [5.74, 6) is -1.55. The fourth-order valence-corrected chi connectivity index (χ4v) is 2.23. The standard InChI is InChI=1S/C11H14F2N2OS/c1-15-10(11(14)16)4-5-17-7-2-3-8(12)9(13)6-7/h2-3,6,10,15H,4-5H2,1H3,(H2,14,16). The van der Waals surface area contributed by atoms with E-state index >= 15 is 0 Å². The summed E-state index contributed by atoms with van der Waals surface area (Å²) in [7, 11) is 1.65. The lowest BCUT2D eigenvalue weighted by Gasteiger charge is -2.11. The lowest BCUT2D eigenvalue weighted by atomic mass is 10.2. The van der Waals surface area contributed by atoms with E-state index in [0.29, 0.717) is 17.1 Å². The number of carbonyl (C=O) groups is 1. The number of benzene rings is 1. The third-order valence-corrected chi connectivity index (χ3v) is 3.29. The van der Waals surface area contributed by atoms with Crippen molar-refractivity contribution in [2.75, 3.05) is 12.8 Å². The van der Waals surface area contributed by atoms with Crippen LogP contribution in [-0.4, -0.2) is 24.7 Å². The van der Waals surface area contributed by atoms with Crippen molar-refractivity contribution in [1.82, 2.24) is 5.32 Å². The molecule has 0 aromatic heterocycles. The van der Waals surface area contributed by atoms with Crippen LogP contribution in [0.3, 0.4) is 0 Å². The zero-order valence-electron chi connectivity index (χ0n) is 9.37. The smallest absolute Gasteiger partial charge is 0.234 e. The Morgan fingerprint density at radius 2 is 2.18 bits per heavy atom. The molecule has 3 N–H and O–H groups in total. The molecule has 0 aliphatic heterocycles. The van der Waals surface area contributed by atoms with E-state index in [9.17, 15) is 13.6 Å². The van der Waals surface area contributed by atoms with E-state index in [0.717, 1.165) is 12.1 Å². The maximum atomic E-state index is 12.9. The van der Waals surface area contributed by atoms with E-state index < -0.39 is 23.6 Å². The number of thioether (sulfide) groups is 1. The highest BCUT2D eigenvalue weighted by molar-refractivity contribution is 7.99. The predicted molar refractivity (Wildman–Crippen MR) is 63.7 cm³/mol. The van der Waals surface area contributed by atoms with Crippen molar-refractivity contribution < 1.29 is 13.6 Å². The molecule has 94 valence electrons. The van der Waals surface area contributed by atoms with Crippen LogP contribution >= 0.6 is 11.8 Å². The van der Waals surface area contributed by atoms with Crippen LogP contribution in [0.2, 0.25) is 0 Å². The van der Waals surface area contributed by atoms with Gasteiger partial charge in [0.2, 0.25) is 5.91 Å². The summed E-state index contributed by atoms with van der Waals surface area (Å²) in [5.41, 5.74) is 5.15. The normalized spacial score (nSPS) is 12.4. The minimum atomic E-state index is -0.866. The van der Waals surface area contributed by atoms with Crippen LogP contribution < -0.4 is 11.1 Å². The molecule has 0 heterocycles. The van der Waals surface area contributed by atoms with E-state index in [1.165, 1.54) is 17.8 Å². The number of hydrogen-bond acceptors (Lipinski definition) is 3. The van der Waals surface area contributed by atoms with Crippen LogP contribution in [0.25, 0.3) is 0 Å². The van der Waals surface area contributed by atoms with Gasteiger partial charge in [0.25, 0.3) is 0 Å². The number of amides is 1. The molecule has 1 rings (SSSR count). The molecule has 0 saturated heterocycles. The lowest BCUT2D eigenvalue weighted by Crippen LogP contribution is -2.39. The molecule has 0 aliphatic carbocycles. The quantitative estimate of drug-likeness (QED) is 0.762. The van der Waals surface area contributed by atoms with Gasteiger partial charge < -0.3 is 11.1 Å². The monoisotopic (exact) mass is 260 g/mol. The Balaban J connectivity index is 2.45. The summed E-state index contributed by atoms with van der Waals surface area (Å²) in [5, 5.41) is 2.79. The van der Waals surface area contributed by atoms with Crippen molar-refractivity contribution >= 4 is 17.7 Å². The zero-order valence-corrected chi connectivity index (χ0v) is 10.2. The first-order chi connectivity index (χ1) is 8.04. The Hall–Kier alpha value is -1.14. The molecule has 0 spiro atoms. The Morgan fingerprint density at radius 1 is 1.47 bits per heavy atom. The Morgan fingerprint density at radius 3 is 2.71 bits per heavy atom. The molecule has 0 fully saturated rings. The van der Waals surface area contributed by atoms with Crippen LogP contribution in [-0.2, 0) is 4.79 Å². The maximum Gasteiger partial charge on any atom is 0.234 e. The Bertz CT molecular complexity index is 401. The van der Waals surface area contributed by atoms with E-state index in [1.807, 2.05) is 0 Å². The summed E-state index contributed by atoms with van der Waals surface area (Å²) in [6.45, 7) is 0. The van der Waals surface area contributed by atoms with Gasteiger partial charge in [0.15, 0.2) is 11.6 Å². The minimum Gasteiger partial charge on any atom is -0.368 e. The van der Waals surface area contributed by atoms with Crippen LogP contribution in [0.1, 0.15) is 6.42 Å². The molecule has 1 atom stereocenters. The van der Waals surface area contributed by atoms with Gasteiger partial charge in [-0.25, -0.2) is 8.78 Å². The third kappa shape index (κ3) is 4.32. The highest BCUT2D eigenvalue weighted by atomic mass is 32.2. The molecule has 0 saturated carbocycles. The topological polar surface area (TPSA) is 55.1 Å². The predicted octanol–water partition coefficient (Wildman–Crippen LogP) is 1.52. The second-order valence-electron chi connectivity index (χ2n) is 3.46. The molecule has 0 radical (unpaired) electrons. The summed E-state index contributed by atoms with van der Waals surface area (Å²) in [4.78, 5) is 11.5. The first-order valence-corrected chi connectivity index (χ1v) is 6.07. The van der Waals surface area contributed by atoms with Crippen molar-refractivity contribution in [2.24, 2.45) is 5.73 Å². The number of nitrogens with two attached hydrogens (primary N) is 1. The molecule has 1 aromatic rings. The average Bonchev–Trinajstić information content (AvgIpc) is 2.28. The summed E-state index contributed by atoms with van der Waals surface area (Å²) < 4.78 is 25.5. The van der Waals surface area contributed by atoms with Gasteiger partial charge >= 0.3 is 0 Å². The number of halogens is 2. The largest absolute Gasteiger partial charge is 0.368 e. The van der Waals surface area contributed by atoms with Crippen LogP contribution in [0.5, 0.6) is 0 Å². The summed E-state index contributed by atoms with van der Waals surface area (Å²) in [6.07, 6.45) is 0.537. The Kier molecular flexibility index (Phi) is 5.37. The van der Waals surface area contributed by atoms with E-state index in [-0.39, 0.29) is 0 Å². The van der Waals surface area contributed by atoms with Gasteiger partial charge in [0, 0.05) is 4.90 Å². The van der Waals surface area contributed by atoms with Gasteiger partial charge in [-0.1, -0.05) is 0 Å². The molecule has 0 bridgehead atoms. The Labute approximate surface area is 103 Å². The molecule has 17 heavy (non-hydrogen) atoms. The second-order valence-corrected chi connectivity index (χ2v) is 4.63. The van der Waals surface area contributed by atoms with Crippen LogP contribution in [0.15, 0.2) is 23.1 Å². The van der Waals surface area contributed by atoms with Gasteiger partial charge in [-0.2, -0.15) is 0 Å². The van der Waals surface area contributed by atoms with E-state index in [4.69, 9.17) is 5.73 Å². The van der Waals surface area contributed by atoms with Gasteiger partial charge in [-0.05, 0) is 37.4 Å². The summed E-state index contributed by atoms with van der Waals surface area (Å²) in [6, 6.07) is 3.33. The van der Waals surface area contributed by atoms with E-state index in [1.54, 1.807) is 7.05 Å². The van der Waals surface area contributed by atoms with Crippen molar-refractivity contribution in [2.45, 2.75) is 17.4 Å². The van der Waals surface area contributed by atoms with Crippen LogP contribution in [0.4, 0.5) is 8.78 Å². The molecule has 3 nitrogen and oxygen atoms in total. The molecular weight excluding hydrogens is 246 g/mol. The van der Waals surface area contributed by atoms with Gasteiger partial charge in [0.1, 0.15) is 0 Å². The lowest BCUT2D eigenvalue weighted by molar-refractivity contribution is -0.119. The fourth-order valence-electron chi connectivity index (χ4n) is 1.29. The number of rotatable bonds is 6. The number of carbonyl (C=O) groups excluding carboxylic acids is 1. The highest BCUT2D eigenvalue weighted by Crippen LogP contribution is 2.21. The molecular formula is C11H14F2N2OS. The molecule has 1 amide bonds. The second kappa shape index (κ2) is 6.56. The van der Waals surface area contributed by atoms with Crippen LogP contribution in [0, 0.1) is 11.6 Å². The number of likely N-dealkylation sites (N-methyl/N-ethyl adjacent to an activating group) is 1. The molecule has 1 aromatic carbocycles. The van der Waals surface area contributed by atoms with Crippen molar-refractivity contribution in [3.05, 3.63) is 29.8 Å². The van der Waals surface area contributed by atoms with Gasteiger partial charge in [-0.3, -0.25) is 4.79 Å².